The lowest BCUT2D eigenvalue weighted by Crippen LogP contribution is -1.96. The van der Waals surface area contributed by atoms with Gasteiger partial charge >= 0.3 is 0 Å². The molecule has 0 aliphatic heterocycles. The van der Waals surface area contributed by atoms with E-state index in [1.807, 2.05) is 36.5 Å². The van der Waals surface area contributed by atoms with Crippen LogP contribution in [-0.2, 0) is 6.61 Å². The quantitative estimate of drug-likeness (QED) is 0.725. The first-order valence-electron chi connectivity index (χ1n) is 6.27. The van der Waals surface area contributed by atoms with E-state index in [-0.39, 0.29) is 6.61 Å². The fourth-order valence-corrected chi connectivity index (χ4v) is 2.28. The molecule has 0 saturated carbocycles. The number of halogens is 2. The normalized spacial score (nSPS) is 10.6. The Bertz CT molecular complexity index is 744. The van der Waals surface area contributed by atoms with Crippen LogP contribution in [-0.4, -0.2) is 15.0 Å². The number of para-hydroxylation sites is 1. The van der Waals surface area contributed by atoms with Crippen LogP contribution >= 0.6 is 23.2 Å². The van der Waals surface area contributed by atoms with Crippen LogP contribution < -0.4 is 4.74 Å². The highest BCUT2D eigenvalue weighted by atomic mass is 35.5. The van der Waals surface area contributed by atoms with Gasteiger partial charge in [0.25, 0.3) is 0 Å². The third-order valence-corrected chi connectivity index (χ3v) is 3.36. The lowest BCUT2D eigenvalue weighted by atomic mass is 10.3. The molecule has 0 amide bonds. The fraction of sp³-hybridized carbons (Fsp3) is 0.0667. The molecule has 4 nitrogen and oxygen atoms in total. The van der Waals surface area contributed by atoms with Gasteiger partial charge in [-0.2, -0.15) is 0 Å². The molecule has 0 bridgehead atoms. The Balaban J connectivity index is 1.70. The molecule has 0 N–H and O–H groups in total. The van der Waals surface area contributed by atoms with Crippen LogP contribution in [0, 0.1) is 0 Å². The second-order valence-corrected chi connectivity index (χ2v) is 5.20. The summed E-state index contributed by atoms with van der Waals surface area (Å²) in [5, 5.41) is 9.18. The summed E-state index contributed by atoms with van der Waals surface area (Å²) in [6, 6.07) is 14.8. The smallest absolute Gasteiger partial charge is 0.138 e. The van der Waals surface area contributed by atoms with Gasteiger partial charge in [0.2, 0.25) is 0 Å². The Morgan fingerprint density at radius 1 is 1.05 bits per heavy atom. The van der Waals surface area contributed by atoms with Gasteiger partial charge in [0.1, 0.15) is 18.1 Å². The number of rotatable bonds is 4. The Morgan fingerprint density at radius 2 is 1.86 bits per heavy atom. The highest BCUT2D eigenvalue weighted by molar-refractivity contribution is 6.35. The monoisotopic (exact) mass is 319 g/mol. The molecule has 0 aliphatic carbocycles. The average molecular weight is 320 g/mol. The van der Waals surface area contributed by atoms with Crippen LogP contribution in [0.25, 0.3) is 5.69 Å². The molecule has 3 aromatic rings. The molecule has 0 atom stereocenters. The molecule has 1 aromatic heterocycles. The summed E-state index contributed by atoms with van der Waals surface area (Å²) in [4.78, 5) is 0. The van der Waals surface area contributed by atoms with Gasteiger partial charge in [-0.25, -0.2) is 4.68 Å². The molecular weight excluding hydrogens is 309 g/mol. The van der Waals surface area contributed by atoms with E-state index in [1.54, 1.807) is 22.9 Å². The van der Waals surface area contributed by atoms with Crippen molar-refractivity contribution in [2.24, 2.45) is 0 Å². The number of hydrogen-bond donors (Lipinski definition) is 0. The van der Waals surface area contributed by atoms with Crippen molar-refractivity contribution in [3.8, 4) is 11.4 Å². The van der Waals surface area contributed by atoms with Gasteiger partial charge in [-0.15, -0.1) is 5.10 Å². The fourth-order valence-electron chi connectivity index (χ4n) is 1.82. The van der Waals surface area contributed by atoms with Crippen LogP contribution in [0.2, 0.25) is 10.0 Å². The zero-order valence-corrected chi connectivity index (χ0v) is 12.4. The molecule has 3 rings (SSSR count). The minimum absolute atomic E-state index is 0.286. The highest BCUT2D eigenvalue weighted by Gasteiger charge is 2.06. The molecule has 1 heterocycles. The minimum atomic E-state index is 0.286. The van der Waals surface area contributed by atoms with Gasteiger partial charge in [0.05, 0.1) is 16.9 Å². The number of hydrogen-bond acceptors (Lipinski definition) is 3. The van der Waals surface area contributed by atoms with Gasteiger partial charge in [0.15, 0.2) is 0 Å². The summed E-state index contributed by atoms with van der Waals surface area (Å²) in [5.41, 5.74) is 1.66. The maximum Gasteiger partial charge on any atom is 0.138 e. The molecule has 0 spiro atoms. The molecule has 0 unspecified atom stereocenters. The molecule has 0 radical (unpaired) electrons. The van der Waals surface area contributed by atoms with Gasteiger partial charge < -0.3 is 4.74 Å². The molecule has 0 aliphatic rings. The lowest BCUT2D eigenvalue weighted by molar-refractivity contribution is 0.301. The van der Waals surface area contributed by atoms with Crippen molar-refractivity contribution < 1.29 is 4.74 Å². The maximum atomic E-state index is 6.05. The van der Waals surface area contributed by atoms with Crippen molar-refractivity contribution in [1.82, 2.24) is 15.0 Å². The van der Waals surface area contributed by atoms with E-state index >= 15 is 0 Å². The van der Waals surface area contributed by atoms with Crippen molar-refractivity contribution in [2.45, 2.75) is 6.61 Å². The Kier molecular flexibility index (Phi) is 4.08. The van der Waals surface area contributed by atoms with Gasteiger partial charge in [-0.05, 0) is 30.3 Å². The molecule has 21 heavy (non-hydrogen) atoms. The van der Waals surface area contributed by atoms with Crippen molar-refractivity contribution in [3.63, 3.8) is 0 Å². The van der Waals surface area contributed by atoms with E-state index in [2.05, 4.69) is 10.3 Å². The topological polar surface area (TPSA) is 39.9 Å². The number of benzene rings is 2. The predicted molar refractivity (Wildman–Crippen MR) is 82.2 cm³/mol. The van der Waals surface area contributed by atoms with E-state index in [0.717, 1.165) is 5.69 Å². The molecule has 106 valence electrons. The SMILES string of the molecule is Clc1ccc(OCc2cn(-c3ccccc3)nn2)c(Cl)c1. The van der Waals surface area contributed by atoms with Crippen LogP contribution in [0.1, 0.15) is 5.69 Å². The first kappa shape index (κ1) is 13.9. The Morgan fingerprint density at radius 3 is 2.62 bits per heavy atom. The second kappa shape index (κ2) is 6.16. The summed E-state index contributed by atoms with van der Waals surface area (Å²) in [6.07, 6.45) is 1.82. The van der Waals surface area contributed by atoms with Gasteiger partial charge in [-0.1, -0.05) is 46.6 Å². The third-order valence-electron chi connectivity index (χ3n) is 2.83. The highest BCUT2D eigenvalue weighted by Crippen LogP contribution is 2.28. The summed E-state index contributed by atoms with van der Waals surface area (Å²) in [5.74, 6) is 0.565. The third kappa shape index (κ3) is 3.35. The standard InChI is InChI=1S/C15H11Cl2N3O/c16-11-6-7-15(14(17)8-11)21-10-12-9-20(19-18-12)13-4-2-1-3-5-13/h1-9H,10H2. The first-order valence-corrected chi connectivity index (χ1v) is 7.02. The van der Waals surface area contributed by atoms with Crippen molar-refractivity contribution >= 4 is 23.2 Å². The van der Waals surface area contributed by atoms with Gasteiger partial charge in [0, 0.05) is 5.02 Å². The van der Waals surface area contributed by atoms with E-state index in [9.17, 15) is 0 Å². The van der Waals surface area contributed by atoms with Crippen molar-refractivity contribution in [2.75, 3.05) is 0 Å². The summed E-state index contributed by atoms with van der Waals surface area (Å²) in [7, 11) is 0. The number of ether oxygens (including phenoxy) is 1. The summed E-state index contributed by atoms with van der Waals surface area (Å²) < 4.78 is 7.32. The van der Waals surface area contributed by atoms with Crippen LogP contribution in [0.15, 0.2) is 54.7 Å². The lowest BCUT2D eigenvalue weighted by Gasteiger charge is -2.06. The molecular formula is C15H11Cl2N3O. The zero-order chi connectivity index (χ0) is 14.7. The Hall–Kier alpha value is -2.04. The van der Waals surface area contributed by atoms with Crippen LogP contribution in [0.5, 0.6) is 5.75 Å². The van der Waals surface area contributed by atoms with Crippen LogP contribution in [0.3, 0.4) is 0 Å². The van der Waals surface area contributed by atoms with E-state index in [0.29, 0.717) is 21.5 Å². The average Bonchev–Trinajstić information content (AvgIpc) is 2.96. The summed E-state index contributed by atoms with van der Waals surface area (Å²) >= 11 is 11.9. The molecule has 2 aromatic carbocycles. The molecule has 0 fully saturated rings. The van der Waals surface area contributed by atoms with E-state index in [4.69, 9.17) is 27.9 Å². The molecule has 6 heteroatoms. The number of aromatic nitrogens is 3. The zero-order valence-electron chi connectivity index (χ0n) is 10.9. The largest absolute Gasteiger partial charge is 0.486 e. The van der Waals surface area contributed by atoms with E-state index in [1.165, 1.54) is 0 Å². The van der Waals surface area contributed by atoms with Gasteiger partial charge in [-0.3, -0.25) is 0 Å². The first-order chi connectivity index (χ1) is 10.2. The second-order valence-electron chi connectivity index (χ2n) is 4.35. The Labute approximate surface area is 131 Å². The summed E-state index contributed by atoms with van der Waals surface area (Å²) in [6.45, 7) is 0.286. The van der Waals surface area contributed by atoms with Crippen LogP contribution in [0.4, 0.5) is 0 Å². The minimum Gasteiger partial charge on any atom is -0.486 e. The van der Waals surface area contributed by atoms with E-state index < -0.39 is 0 Å². The van der Waals surface area contributed by atoms with Crippen molar-refractivity contribution in [3.05, 3.63) is 70.5 Å². The number of nitrogens with zero attached hydrogens (tertiary/aromatic N) is 3. The maximum absolute atomic E-state index is 6.05. The van der Waals surface area contributed by atoms with Crippen molar-refractivity contribution in [1.29, 1.82) is 0 Å². The molecule has 0 saturated heterocycles. The predicted octanol–water partition coefficient (Wildman–Crippen LogP) is 4.15.